The molecule has 1 fully saturated rings. The van der Waals surface area contributed by atoms with E-state index >= 15 is 0 Å². The van der Waals surface area contributed by atoms with Crippen LogP contribution in [0.5, 0.6) is 5.75 Å². The topological polar surface area (TPSA) is 93.3 Å². The Morgan fingerprint density at radius 1 is 1.23 bits per heavy atom. The Morgan fingerprint density at radius 2 is 2.00 bits per heavy atom. The average molecular weight is 355 g/mol. The molecular formula is C19H21N3O4. The largest absolute Gasteiger partial charge is 0.490 e. The number of rotatable bonds is 4. The number of amides is 1. The molecule has 1 amide bonds. The summed E-state index contributed by atoms with van der Waals surface area (Å²) in [6.45, 7) is 0. The highest BCUT2D eigenvalue weighted by molar-refractivity contribution is 5.99. The summed E-state index contributed by atoms with van der Waals surface area (Å²) in [5.74, 6) is 0.184. The van der Waals surface area contributed by atoms with E-state index < -0.39 is 5.97 Å². The monoisotopic (exact) mass is 355 g/mol. The number of aromatic nitrogens is 2. The molecule has 0 spiro atoms. The van der Waals surface area contributed by atoms with Crippen LogP contribution in [0.2, 0.25) is 0 Å². The van der Waals surface area contributed by atoms with Gasteiger partial charge in [-0.3, -0.25) is 9.89 Å². The van der Waals surface area contributed by atoms with Crippen LogP contribution in [0, 0.1) is 0 Å². The maximum atomic E-state index is 12.2. The molecule has 1 unspecified atom stereocenters. The van der Waals surface area contributed by atoms with Crippen LogP contribution in [-0.4, -0.2) is 35.3 Å². The fourth-order valence-electron chi connectivity index (χ4n) is 3.84. The summed E-state index contributed by atoms with van der Waals surface area (Å²) in [4.78, 5) is 24.3. The van der Waals surface area contributed by atoms with E-state index in [9.17, 15) is 9.59 Å². The Labute approximate surface area is 151 Å². The van der Waals surface area contributed by atoms with Crippen LogP contribution < -0.4 is 10.1 Å². The van der Waals surface area contributed by atoms with Gasteiger partial charge in [-0.1, -0.05) is 18.2 Å². The molecular weight excluding hydrogens is 334 g/mol. The number of para-hydroxylation sites is 1. The zero-order chi connectivity index (χ0) is 18.1. The summed E-state index contributed by atoms with van der Waals surface area (Å²) in [7, 11) is 1.32. The number of nitrogens with one attached hydrogen (secondary N) is 2. The lowest BCUT2D eigenvalue weighted by molar-refractivity contribution is -0.116. The molecule has 7 nitrogen and oxygen atoms in total. The number of nitrogens with zero attached hydrogens (tertiary/aromatic N) is 1. The quantitative estimate of drug-likeness (QED) is 0.823. The van der Waals surface area contributed by atoms with Crippen molar-refractivity contribution in [3.05, 3.63) is 41.1 Å². The Hall–Kier alpha value is -2.83. The number of methoxy groups -OCH3 is 1. The summed E-state index contributed by atoms with van der Waals surface area (Å²) in [6, 6.07) is 7.72. The maximum Gasteiger partial charge on any atom is 0.356 e. The third kappa shape index (κ3) is 2.94. The van der Waals surface area contributed by atoms with Crippen molar-refractivity contribution in [2.75, 3.05) is 12.4 Å². The van der Waals surface area contributed by atoms with E-state index in [2.05, 4.69) is 15.5 Å². The molecule has 1 atom stereocenters. The molecule has 136 valence electrons. The average Bonchev–Trinajstić information content (AvgIpc) is 3.30. The molecule has 2 aliphatic rings. The number of hydrogen-bond acceptors (Lipinski definition) is 5. The molecule has 0 bridgehead atoms. The van der Waals surface area contributed by atoms with Crippen molar-refractivity contribution < 1.29 is 19.1 Å². The van der Waals surface area contributed by atoms with Gasteiger partial charge in [0.2, 0.25) is 5.91 Å². The molecule has 4 rings (SSSR count). The zero-order valence-electron chi connectivity index (χ0n) is 14.6. The van der Waals surface area contributed by atoms with Crippen molar-refractivity contribution in [2.45, 2.75) is 44.1 Å². The molecule has 0 radical (unpaired) electrons. The lowest BCUT2D eigenvalue weighted by Gasteiger charge is -2.26. The lowest BCUT2D eigenvalue weighted by atomic mass is 9.85. The van der Waals surface area contributed by atoms with Crippen molar-refractivity contribution in [1.82, 2.24) is 10.2 Å². The van der Waals surface area contributed by atoms with E-state index in [4.69, 9.17) is 9.47 Å². The first-order valence-corrected chi connectivity index (χ1v) is 8.89. The third-order valence-electron chi connectivity index (χ3n) is 5.08. The predicted octanol–water partition coefficient (Wildman–Crippen LogP) is 2.99. The molecule has 2 aromatic rings. The van der Waals surface area contributed by atoms with Gasteiger partial charge in [-0.15, -0.1) is 0 Å². The SMILES string of the molecule is COC(=O)c1[nH]nc2c1C(c1ccccc1OC1CCCC1)CC(=O)N2. The van der Waals surface area contributed by atoms with Crippen LogP contribution in [0.1, 0.15) is 59.6 Å². The van der Waals surface area contributed by atoms with Crippen LogP contribution >= 0.6 is 0 Å². The lowest BCUT2D eigenvalue weighted by Crippen LogP contribution is -2.25. The highest BCUT2D eigenvalue weighted by Crippen LogP contribution is 2.42. The maximum absolute atomic E-state index is 12.2. The van der Waals surface area contributed by atoms with Gasteiger partial charge in [0.1, 0.15) is 11.4 Å². The molecule has 1 aliphatic heterocycles. The minimum Gasteiger partial charge on any atom is -0.490 e. The van der Waals surface area contributed by atoms with E-state index in [1.807, 2.05) is 24.3 Å². The second kappa shape index (κ2) is 6.82. The van der Waals surface area contributed by atoms with Gasteiger partial charge in [-0.05, 0) is 31.7 Å². The number of esters is 1. The van der Waals surface area contributed by atoms with E-state index in [1.165, 1.54) is 20.0 Å². The minimum atomic E-state index is -0.505. The van der Waals surface area contributed by atoms with Crippen molar-refractivity contribution in [1.29, 1.82) is 0 Å². The second-order valence-electron chi connectivity index (χ2n) is 6.72. The van der Waals surface area contributed by atoms with Crippen molar-refractivity contribution in [3.63, 3.8) is 0 Å². The smallest absolute Gasteiger partial charge is 0.356 e. The van der Waals surface area contributed by atoms with Gasteiger partial charge >= 0.3 is 5.97 Å². The van der Waals surface area contributed by atoms with E-state index in [0.29, 0.717) is 11.4 Å². The number of ether oxygens (including phenoxy) is 2. The van der Waals surface area contributed by atoms with E-state index in [-0.39, 0.29) is 30.0 Å². The molecule has 26 heavy (non-hydrogen) atoms. The highest BCUT2D eigenvalue weighted by atomic mass is 16.5. The third-order valence-corrected chi connectivity index (χ3v) is 5.08. The van der Waals surface area contributed by atoms with Gasteiger partial charge in [0.05, 0.1) is 13.2 Å². The number of aromatic amines is 1. The number of hydrogen-bond donors (Lipinski definition) is 2. The molecule has 1 aromatic heterocycles. The number of anilines is 1. The van der Waals surface area contributed by atoms with Crippen LogP contribution in [0.3, 0.4) is 0 Å². The first-order valence-electron chi connectivity index (χ1n) is 8.89. The molecule has 0 saturated heterocycles. The van der Waals surface area contributed by atoms with Gasteiger partial charge in [0.15, 0.2) is 5.82 Å². The Kier molecular flexibility index (Phi) is 4.36. The number of carbonyl (C=O) groups excluding carboxylic acids is 2. The van der Waals surface area contributed by atoms with Crippen LogP contribution in [0.15, 0.2) is 24.3 Å². The standard InChI is InChI=1S/C19H21N3O4/c1-25-19(24)17-16-13(10-15(23)20-18(16)22-21-17)12-8-4-5-9-14(12)26-11-6-2-3-7-11/h4-5,8-9,11,13H,2-3,6-7,10H2,1H3,(H2,20,21,22,23). The van der Waals surface area contributed by atoms with Crippen LogP contribution in [-0.2, 0) is 9.53 Å². The fourth-order valence-corrected chi connectivity index (χ4v) is 3.84. The minimum absolute atomic E-state index is 0.138. The number of benzene rings is 1. The van der Waals surface area contributed by atoms with Crippen molar-refractivity contribution in [3.8, 4) is 5.75 Å². The van der Waals surface area contributed by atoms with Crippen LogP contribution in [0.4, 0.5) is 5.82 Å². The number of fused-ring (bicyclic) bond motifs is 1. The Bertz CT molecular complexity index is 839. The highest BCUT2D eigenvalue weighted by Gasteiger charge is 2.35. The van der Waals surface area contributed by atoms with Gasteiger partial charge in [-0.2, -0.15) is 5.10 Å². The van der Waals surface area contributed by atoms with Gasteiger partial charge < -0.3 is 14.8 Å². The summed E-state index contributed by atoms with van der Waals surface area (Å²) >= 11 is 0. The number of H-pyrrole nitrogens is 1. The molecule has 1 saturated carbocycles. The van der Waals surface area contributed by atoms with Crippen LogP contribution in [0.25, 0.3) is 0 Å². The Balaban J connectivity index is 1.76. The van der Waals surface area contributed by atoms with Gasteiger partial charge in [0.25, 0.3) is 0 Å². The molecule has 1 aromatic carbocycles. The normalized spacial score (nSPS) is 19.7. The molecule has 2 N–H and O–H groups in total. The first kappa shape index (κ1) is 16.6. The van der Waals surface area contributed by atoms with Gasteiger partial charge in [-0.25, -0.2) is 4.79 Å². The molecule has 2 heterocycles. The summed E-state index contributed by atoms with van der Waals surface area (Å²) in [6.07, 6.45) is 4.88. The summed E-state index contributed by atoms with van der Waals surface area (Å²) in [5.41, 5.74) is 1.81. The Morgan fingerprint density at radius 3 is 2.77 bits per heavy atom. The number of carbonyl (C=O) groups is 2. The van der Waals surface area contributed by atoms with Crippen molar-refractivity contribution in [2.24, 2.45) is 0 Å². The summed E-state index contributed by atoms with van der Waals surface area (Å²) in [5, 5.41) is 9.51. The van der Waals surface area contributed by atoms with Crippen molar-refractivity contribution >= 4 is 17.7 Å². The molecule has 1 aliphatic carbocycles. The van der Waals surface area contributed by atoms with E-state index in [1.54, 1.807) is 0 Å². The molecule has 7 heteroatoms. The fraction of sp³-hybridized carbons (Fsp3) is 0.421. The second-order valence-corrected chi connectivity index (χ2v) is 6.72. The predicted molar refractivity (Wildman–Crippen MR) is 94.3 cm³/mol. The first-order chi connectivity index (χ1) is 12.7. The zero-order valence-corrected chi connectivity index (χ0v) is 14.6. The summed E-state index contributed by atoms with van der Waals surface area (Å²) < 4.78 is 11.1. The van der Waals surface area contributed by atoms with Gasteiger partial charge in [0, 0.05) is 23.5 Å². The van der Waals surface area contributed by atoms with E-state index in [0.717, 1.165) is 24.2 Å².